The van der Waals surface area contributed by atoms with Gasteiger partial charge in [-0.3, -0.25) is 0 Å². The van der Waals surface area contributed by atoms with E-state index in [2.05, 4.69) is 13.2 Å². The first-order valence-corrected chi connectivity index (χ1v) is 4.69. The van der Waals surface area contributed by atoms with Crippen LogP contribution in [0.1, 0.15) is 32.1 Å². The summed E-state index contributed by atoms with van der Waals surface area (Å²) in [6.45, 7) is 7.44. The van der Waals surface area contributed by atoms with E-state index in [9.17, 15) is 5.11 Å². The first-order valence-electron chi connectivity index (χ1n) is 4.69. The summed E-state index contributed by atoms with van der Waals surface area (Å²) < 4.78 is 0. The Bertz CT molecular complexity index is 174. The van der Waals surface area contributed by atoms with E-state index in [0.29, 0.717) is 6.42 Å². The van der Waals surface area contributed by atoms with E-state index in [0.717, 1.165) is 19.3 Å². The molecule has 0 amide bonds. The molecule has 0 heterocycles. The molecule has 0 radical (unpaired) electrons. The Balaban J connectivity index is 2.67. The van der Waals surface area contributed by atoms with Crippen LogP contribution in [0.2, 0.25) is 0 Å². The summed E-state index contributed by atoms with van der Waals surface area (Å²) in [7, 11) is 0. The van der Waals surface area contributed by atoms with Gasteiger partial charge in [-0.2, -0.15) is 0 Å². The minimum atomic E-state index is -0.540. The standard InChI is InChI=1S/C11H18O/c1-3-8-11(12)9-6-5-7-10(11)4-2/h3-4,10,12H,1-2,5-9H2/t10-,11-/m1/s1. The highest BCUT2D eigenvalue weighted by atomic mass is 16.3. The van der Waals surface area contributed by atoms with Crippen molar-refractivity contribution in [1.82, 2.24) is 0 Å². The van der Waals surface area contributed by atoms with Gasteiger partial charge in [0.1, 0.15) is 0 Å². The lowest BCUT2D eigenvalue weighted by atomic mass is 9.74. The first-order chi connectivity index (χ1) is 5.73. The van der Waals surface area contributed by atoms with Crippen molar-refractivity contribution in [2.24, 2.45) is 5.92 Å². The van der Waals surface area contributed by atoms with Gasteiger partial charge in [-0.05, 0) is 19.3 Å². The highest BCUT2D eigenvalue weighted by Gasteiger charge is 2.35. The predicted molar refractivity (Wildman–Crippen MR) is 51.9 cm³/mol. The van der Waals surface area contributed by atoms with Crippen molar-refractivity contribution >= 4 is 0 Å². The molecule has 0 aromatic carbocycles. The van der Waals surface area contributed by atoms with E-state index in [1.807, 2.05) is 12.2 Å². The normalized spacial score (nSPS) is 35.9. The van der Waals surface area contributed by atoms with Crippen molar-refractivity contribution in [2.75, 3.05) is 0 Å². The third-order valence-electron chi connectivity index (χ3n) is 2.85. The fourth-order valence-electron chi connectivity index (χ4n) is 2.09. The zero-order chi connectivity index (χ0) is 9.03. The Labute approximate surface area is 74.8 Å². The second-order valence-corrected chi connectivity index (χ2v) is 3.68. The molecule has 12 heavy (non-hydrogen) atoms. The third kappa shape index (κ3) is 1.78. The van der Waals surface area contributed by atoms with Crippen molar-refractivity contribution in [3.63, 3.8) is 0 Å². The summed E-state index contributed by atoms with van der Waals surface area (Å²) in [6, 6.07) is 0. The quantitative estimate of drug-likeness (QED) is 0.639. The van der Waals surface area contributed by atoms with Crippen molar-refractivity contribution in [1.29, 1.82) is 0 Å². The van der Waals surface area contributed by atoms with Gasteiger partial charge in [0.05, 0.1) is 5.60 Å². The minimum Gasteiger partial charge on any atom is -0.389 e. The average molecular weight is 166 g/mol. The molecule has 1 heteroatoms. The molecule has 1 rings (SSSR count). The van der Waals surface area contributed by atoms with Crippen molar-refractivity contribution in [3.8, 4) is 0 Å². The smallest absolute Gasteiger partial charge is 0.0744 e. The number of aliphatic hydroxyl groups is 1. The second kappa shape index (κ2) is 3.90. The fourth-order valence-corrected chi connectivity index (χ4v) is 2.09. The van der Waals surface area contributed by atoms with E-state index >= 15 is 0 Å². The van der Waals surface area contributed by atoms with Crippen molar-refractivity contribution in [2.45, 2.75) is 37.7 Å². The molecule has 0 bridgehead atoms. The van der Waals surface area contributed by atoms with Gasteiger partial charge < -0.3 is 5.11 Å². The average Bonchev–Trinajstić information content (AvgIpc) is 2.05. The highest BCUT2D eigenvalue weighted by Crippen LogP contribution is 2.36. The lowest BCUT2D eigenvalue weighted by molar-refractivity contribution is -0.0267. The van der Waals surface area contributed by atoms with E-state index in [1.54, 1.807) is 0 Å². The number of rotatable bonds is 3. The van der Waals surface area contributed by atoms with Gasteiger partial charge in [0.25, 0.3) is 0 Å². The van der Waals surface area contributed by atoms with Gasteiger partial charge in [-0.1, -0.05) is 25.0 Å². The Morgan fingerprint density at radius 1 is 1.42 bits per heavy atom. The molecule has 1 saturated carbocycles. The molecule has 2 atom stereocenters. The summed E-state index contributed by atoms with van der Waals surface area (Å²) in [4.78, 5) is 0. The molecule has 0 unspecified atom stereocenters. The van der Waals surface area contributed by atoms with Crippen molar-refractivity contribution < 1.29 is 5.11 Å². The van der Waals surface area contributed by atoms with Crippen LogP contribution in [0.4, 0.5) is 0 Å². The van der Waals surface area contributed by atoms with Crippen LogP contribution in [-0.4, -0.2) is 10.7 Å². The molecular formula is C11H18O. The Kier molecular flexibility index (Phi) is 3.10. The van der Waals surface area contributed by atoms with Crippen LogP contribution in [-0.2, 0) is 0 Å². The number of hydrogen-bond donors (Lipinski definition) is 1. The summed E-state index contributed by atoms with van der Waals surface area (Å²) >= 11 is 0. The molecule has 0 aromatic heterocycles. The molecule has 1 fully saturated rings. The molecule has 0 saturated heterocycles. The van der Waals surface area contributed by atoms with Crippen LogP contribution in [0.25, 0.3) is 0 Å². The Morgan fingerprint density at radius 2 is 2.17 bits per heavy atom. The lowest BCUT2D eigenvalue weighted by Gasteiger charge is -2.37. The van der Waals surface area contributed by atoms with Crippen LogP contribution in [0, 0.1) is 5.92 Å². The molecular weight excluding hydrogens is 148 g/mol. The molecule has 68 valence electrons. The maximum absolute atomic E-state index is 10.2. The van der Waals surface area contributed by atoms with E-state index in [-0.39, 0.29) is 5.92 Å². The van der Waals surface area contributed by atoms with Gasteiger partial charge >= 0.3 is 0 Å². The lowest BCUT2D eigenvalue weighted by Crippen LogP contribution is -2.39. The number of hydrogen-bond acceptors (Lipinski definition) is 1. The first kappa shape index (κ1) is 9.53. The van der Waals surface area contributed by atoms with Gasteiger partial charge in [0, 0.05) is 5.92 Å². The van der Waals surface area contributed by atoms with Gasteiger partial charge in [-0.25, -0.2) is 0 Å². The van der Waals surface area contributed by atoms with Gasteiger partial charge in [0.2, 0.25) is 0 Å². The minimum absolute atomic E-state index is 0.268. The van der Waals surface area contributed by atoms with Crippen LogP contribution in [0.3, 0.4) is 0 Å². The molecule has 0 aliphatic heterocycles. The summed E-state index contributed by atoms with van der Waals surface area (Å²) in [5.41, 5.74) is -0.540. The van der Waals surface area contributed by atoms with Crippen LogP contribution >= 0.6 is 0 Å². The van der Waals surface area contributed by atoms with Gasteiger partial charge in [0.15, 0.2) is 0 Å². The van der Waals surface area contributed by atoms with E-state index in [4.69, 9.17) is 0 Å². The molecule has 1 N–H and O–H groups in total. The summed E-state index contributed by atoms with van der Waals surface area (Å²) in [6.07, 6.45) is 8.72. The highest BCUT2D eigenvalue weighted by molar-refractivity contribution is 5.01. The van der Waals surface area contributed by atoms with Crippen LogP contribution in [0.15, 0.2) is 25.3 Å². The maximum atomic E-state index is 10.2. The topological polar surface area (TPSA) is 20.2 Å². The second-order valence-electron chi connectivity index (χ2n) is 3.68. The van der Waals surface area contributed by atoms with E-state index < -0.39 is 5.60 Å². The maximum Gasteiger partial charge on any atom is 0.0744 e. The third-order valence-corrected chi connectivity index (χ3v) is 2.85. The monoisotopic (exact) mass is 166 g/mol. The molecule has 0 spiro atoms. The Hall–Kier alpha value is -0.560. The largest absolute Gasteiger partial charge is 0.389 e. The molecule has 1 aliphatic rings. The molecule has 1 nitrogen and oxygen atoms in total. The zero-order valence-corrected chi connectivity index (χ0v) is 7.63. The SMILES string of the molecule is C=CC[C@@]1(O)CCCC[C@H]1C=C. The van der Waals surface area contributed by atoms with Crippen molar-refractivity contribution in [3.05, 3.63) is 25.3 Å². The summed E-state index contributed by atoms with van der Waals surface area (Å²) in [5.74, 6) is 0.268. The zero-order valence-electron chi connectivity index (χ0n) is 7.63. The van der Waals surface area contributed by atoms with Crippen LogP contribution < -0.4 is 0 Å². The molecule has 1 aliphatic carbocycles. The van der Waals surface area contributed by atoms with E-state index in [1.165, 1.54) is 6.42 Å². The fraction of sp³-hybridized carbons (Fsp3) is 0.636. The molecule has 0 aromatic rings. The Morgan fingerprint density at radius 3 is 2.75 bits per heavy atom. The predicted octanol–water partition coefficient (Wildman–Crippen LogP) is 2.67. The summed E-state index contributed by atoms with van der Waals surface area (Å²) in [5, 5.41) is 10.2. The van der Waals surface area contributed by atoms with Crippen LogP contribution in [0.5, 0.6) is 0 Å². The van der Waals surface area contributed by atoms with Gasteiger partial charge in [-0.15, -0.1) is 13.2 Å².